The first-order valence-corrected chi connectivity index (χ1v) is 8.31. The zero-order chi connectivity index (χ0) is 16.9. The Kier molecular flexibility index (Phi) is 5.55. The lowest BCUT2D eigenvalue weighted by molar-refractivity contribution is -0.124. The predicted molar refractivity (Wildman–Crippen MR) is 91.6 cm³/mol. The van der Waals surface area contributed by atoms with Crippen molar-refractivity contribution >= 4 is 23.2 Å². The number of thiophene rings is 1. The molecule has 0 unspecified atom stereocenters. The Bertz CT molecular complexity index is 655. The van der Waals surface area contributed by atoms with Gasteiger partial charge in [0.05, 0.1) is 12.1 Å². The number of esters is 1. The summed E-state index contributed by atoms with van der Waals surface area (Å²) in [4.78, 5) is 24.7. The van der Waals surface area contributed by atoms with Crippen molar-refractivity contribution in [1.29, 1.82) is 0 Å². The molecule has 0 bridgehead atoms. The highest BCUT2D eigenvalue weighted by Gasteiger charge is 2.15. The Morgan fingerprint density at radius 2 is 1.83 bits per heavy atom. The topological polar surface area (TPSA) is 55.4 Å². The van der Waals surface area contributed by atoms with E-state index in [4.69, 9.17) is 4.74 Å². The summed E-state index contributed by atoms with van der Waals surface area (Å²) in [6, 6.07) is 11.1. The SMILES string of the molecule is CC(C)(C)c1ccc(C(=O)OCC(=O)NCc2cccs2)cc1. The molecule has 0 saturated heterocycles. The molecule has 0 saturated carbocycles. The molecule has 1 aromatic carbocycles. The molecule has 0 fully saturated rings. The minimum Gasteiger partial charge on any atom is -0.452 e. The van der Waals surface area contributed by atoms with Crippen LogP contribution in [0.3, 0.4) is 0 Å². The largest absolute Gasteiger partial charge is 0.452 e. The average molecular weight is 331 g/mol. The lowest BCUT2D eigenvalue weighted by Crippen LogP contribution is -2.28. The first kappa shape index (κ1) is 17.2. The quantitative estimate of drug-likeness (QED) is 0.853. The van der Waals surface area contributed by atoms with Crippen LogP contribution in [0.4, 0.5) is 0 Å². The average Bonchev–Trinajstić information content (AvgIpc) is 3.03. The Labute approximate surface area is 140 Å². The van der Waals surface area contributed by atoms with Gasteiger partial charge in [0.2, 0.25) is 0 Å². The van der Waals surface area contributed by atoms with E-state index in [9.17, 15) is 9.59 Å². The number of hydrogen-bond acceptors (Lipinski definition) is 4. The van der Waals surface area contributed by atoms with Gasteiger partial charge in [-0.25, -0.2) is 4.79 Å². The number of ether oxygens (including phenoxy) is 1. The van der Waals surface area contributed by atoms with Crippen molar-refractivity contribution in [2.75, 3.05) is 6.61 Å². The summed E-state index contributed by atoms with van der Waals surface area (Å²) in [7, 11) is 0. The summed E-state index contributed by atoms with van der Waals surface area (Å²) < 4.78 is 5.04. The number of hydrogen-bond donors (Lipinski definition) is 1. The highest BCUT2D eigenvalue weighted by molar-refractivity contribution is 7.09. The van der Waals surface area contributed by atoms with E-state index in [1.807, 2.05) is 29.6 Å². The maximum Gasteiger partial charge on any atom is 0.338 e. The predicted octanol–water partition coefficient (Wildman–Crippen LogP) is 3.52. The number of nitrogens with one attached hydrogen (secondary N) is 1. The van der Waals surface area contributed by atoms with Crippen LogP contribution in [0, 0.1) is 0 Å². The van der Waals surface area contributed by atoms with Crippen molar-refractivity contribution in [1.82, 2.24) is 5.32 Å². The third-order valence-electron chi connectivity index (χ3n) is 3.36. The number of benzene rings is 1. The highest BCUT2D eigenvalue weighted by atomic mass is 32.1. The van der Waals surface area contributed by atoms with Gasteiger partial charge in [-0.15, -0.1) is 11.3 Å². The lowest BCUT2D eigenvalue weighted by Gasteiger charge is -2.18. The van der Waals surface area contributed by atoms with Crippen LogP contribution in [-0.4, -0.2) is 18.5 Å². The van der Waals surface area contributed by atoms with E-state index < -0.39 is 5.97 Å². The summed E-state index contributed by atoms with van der Waals surface area (Å²) in [5, 5.41) is 4.66. The highest BCUT2D eigenvalue weighted by Crippen LogP contribution is 2.22. The van der Waals surface area contributed by atoms with Crippen molar-refractivity contribution in [2.45, 2.75) is 32.7 Å². The first-order chi connectivity index (χ1) is 10.9. The van der Waals surface area contributed by atoms with E-state index in [2.05, 4.69) is 26.1 Å². The van der Waals surface area contributed by atoms with Gasteiger partial charge in [0.25, 0.3) is 5.91 Å². The summed E-state index contributed by atoms with van der Waals surface area (Å²) in [5.41, 5.74) is 1.62. The first-order valence-electron chi connectivity index (χ1n) is 7.43. The fourth-order valence-electron chi connectivity index (χ4n) is 1.97. The standard InChI is InChI=1S/C18H21NO3S/c1-18(2,3)14-8-6-13(7-9-14)17(21)22-12-16(20)19-11-15-5-4-10-23-15/h4-10H,11-12H2,1-3H3,(H,19,20). The second kappa shape index (κ2) is 7.42. The van der Waals surface area contributed by atoms with Crippen LogP contribution in [-0.2, 0) is 21.5 Å². The van der Waals surface area contributed by atoms with Gasteiger partial charge in [-0.2, -0.15) is 0 Å². The second-order valence-corrected chi connectivity index (χ2v) is 7.29. The van der Waals surface area contributed by atoms with E-state index in [1.54, 1.807) is 23.5 Å². The molecule has 1 heterocycles. The summed E-state index contributed by atoms with van der Waals surface area (Å²) >= 11 is 1.57. The number of rotatable bonds is 5. The van der Waals surface area contributed by atoms with E-state index in [-0.39, 0.29) is 17.9 Å². The van der Waals surface area contributed by atoms with Gasteiger partial charge >= 0.3 is 5.97 Å². The molecule has 2 aromatic rings. The van der Waals surface area contributed by atoms with Gasteiger partial charge in [-0.05, 0) is 34.6 Å². The molecular weight excluding hydrogens is 310 g/mol. The Hall–Kier alpha value is -2.14. The minimum absolute atomic E-state index is 0.0319. The van der Waals surface area contributed by atoms with Gasteiger partial charge in [0.1, 0.15) is 0 Å². The van der Waals surface area contributed by atoms with E-state index in [1.165, 1.54) is 0 Å². The van der Waals surface area contributed by atoms with Gasteiger partial charge in [0, 0.05) is 4.88 Å². The monoisotopic (exact) mass is 331 g/mol. The van der Waals surface area contributed by atoms with Crippen molar-refractivity contribution < 1.29 is 14.3 Å². The molecule has 122 valence electrons. The summed E-state index contributed by atoms with van der Waals surface area (Å²) in [5.74, 6) is -0.796. The fourth-order valence-corrected chi connectivity index (χ4v) is 2.62. The molecule has 0 aliphatic rings. The van der Waals surface area contributed by atoms with E-state index >= 15 is 0 Å². The van der Waals surface area contributed by atoms with Crippen LogP contribution in [0.15, 0.2) is 41.8 Å². The molecule has 2 rings (SSSR count). The normalized spacial score (nSPS) is 11.1. The molecule has 5 heteroatoms. The lowest BCUT2D eigenvalue weighted by atomic mass is 9.87. The zero-order valence-electron chi connectivity index (χ0n) is 13.6. The van der Waals surface area contributed by atoms with E-state index in [0.717, 1.165) is 10.4 Å². The number of carbonyl (C=O) groups excluding carboxylic acids is 2. The molecule has 0 aliphatic heterocycles. The molecule has 0 aliphatic carbocycles. The van der Waals surface area contributed by atoms with Gasteiger partial charge in [-0.1, -0.05) is 39.0 Å². The zero-order valence-corrected chi connectivity index (χ0v) is 14.4. The molecular formula is C18H21NO3S. The molecule has 1 aromatic heterocycles. The molecule has 0 spiro atoms. The van der Waals surface area contributed by atoms with Gasteiger partial charge < -0.3 is 10.1 Å². The second-order valence-electron chi connectivity index (χ2n) is 6.26. The summed E-state index contributed by atoms with van der Waals surface area (Å²) in [6.07, 6.45) is 0. The van der Waals surface area contributed by atoms with Crippen molar-refractivity contribution in [3.05, 3.63) is 57.8 Å². The Balaban J connectivity index is 1.81. The minimum atomic E-state index is -0.489. The van der Waals surface area contributed by atoms with Crippen LogP contribution in [0.25, 0.3) is 0 Å². The van der Waals surface area contributed by atoms with Crippen molar-refractivity contribution in [3.8, 4) is 0 Å². The number of carbonyl (C=O) groups is 2. The number of amides is 1. The van der Waals surface area contributed by atoms with Gasteiger partial charge in [0.15, 0.2) is 6.61 Å². The molecule has 1 amide bonds. The van der Waals surface area contributed by atoms with Crippen molar-refractivity contribution in [2.24, 2.45) is 0 Å². The Morgan fingerprint density at radius 3 is 2.39 bits per heavy atom. The molecule has 4 nitrogen and oxygen atoms in total. The molecule has 0 radical (unpaired) electrons. The third kappa shape index (κ3) is 5.21. The fraction of sp³-hybridized carbons (Fsp3) is 0.333. The van der Waals surface area contributed by atoms with Crippen LogP contribution in [0.2, 0.25) is 0 Å². The molecule has 23 heavy (non-hydrogen) atoms. The molecule has 0 atom stereocenters. The van der Waals surface area contributed by atoms with Crippen LogP contribution < -0.4 is 5.32 Å². The van der Waals surface area contributed by atoms with Crippen LogP contribution in [0.1, 0.15) is 41.6 Å². The maximum atomic E-state index is 11.9. The smallest absolute Gasteiger partial charge is 0.338 e. The van der Waals surface area contributed by atoms with E-state index in [0.29, 0.717) is 12.1 Å². The maximum absolute atomic E-state index is 11.9. The Morgan fingerprint density at radius 1 is 1.13 bits per heavy atom. The van der Waals surface area contributed by atoms with Gasteiger partial charge in [-0.3, -0.25) is 4.79 Å². The van der Waals surface area contributed by atoms with Crippen LogP contribution in [0.5, 0.6) is 0 Å². The molecule has 1 N–H and O–H groups in total. The van der Waals surface area contributed by atoms with Crippen LogP contribution >= 0.6 is 11.3 Å². The summed E-state index contributed by atoms with van der Waals surface area (Å²) in [6.45, 7) is 6.51. The third-order valence-corrected chi connectivity index (χ3v) is 4.24. The van der Waals surface area contributed by atoms with Crippen molar-refractivity contribution in [3.63, 3.8) is 0 Å².